The van der Waals surface area contributed by atoms with Gasteiger partial charge in [-0.25, -0.2) is 9.18 Å². The van der Waals surface area contributed by atoms with E-state index in [9.17, 15) is 19.1 Å². The maximum Gasteiger partial charge on any atom is 0.337 e. The Morgan fingerprint density at radius 2 is 1.91 bits per heavy atom. The maximum atomic E-state index is 12.8. The Bertz CT molecular complexity index is 705. The Morgan fingerprint density at radius 3 is 2.45 bits per heavy atom. The summed E-state index contributed by atoms with van der Waals surface area (Å²) < 4.78 is 14.6. The highest BCUT2D eigenvalue weighted by Gasteiger charge is 2.20. The molecule has 0 unspecified atom stereocenters. The third-order valence-corrected chi connectivity index (χ3v) is 3.39. The van der Waals surface area contributed by atoms with E-state index in [0.29, 0.717) is 23.5 Å². The second-order valence-electron chi connectivity index (χ2n) is 4.96. The molecule has 1 heterocycles. The summed E-state index contributed by atoms with van der Waals surface area (Å²) in [4.78, 5) is 23.5. The molecule has 0 bridgehead atoms. The number of anilines is 1. The van der Waals surface area contributed by atoms with E-state index < -0.39 is 5.97 Å². The standard InChI is InChI=1S/C16H17FN2O3/c1-3-19-9-10(2)15(16(21)22)13(19)8-14(20)18-12-6-4-11(17)5-7-12/h4-7,9H,3,8H2,1-2H3,(H,18,20)(H,21,22). The van der Waals surface area contributed by atoms with E-state index in [1.165, 1.54) is 24.3 Å². The van der Waals surface area contributed by atoms with E-state index in [-0.39, 0.29) is 23.7 Å². The van der Waals surface area contributed by atoms with Crippen molar-refractivity contribution in [2.24, 2.45) is 0 Å². The van der Waals surface area contributed by atoms with Gasteiger partial charge in [0.05, 0.1) is 12.0 Å². The number of nitrogens with one attached hydrogen (secondary N) is 1. The summed E-state index contributed by atoms with van der Waals surface area (Å²) in [6.07, 6.45) is 1.67. The van der Waals surface area contributed by atoms with Crippen molar-refractivity contribution in [1.29, 1.82) is 0 Å². The molecule has 1 aromatic carbocycles. The average molecular weight is 304 g/mol. The number of rotatable bonds is 5. The molecular weight excluding hydrogens is 287 g/mol. The van der Waals surface area contributed by atoms with Gasteiger partial charge in [0.25, 0.3) is 0 Å². The van der Waals surface area contributed by atoms with Gasteiger partial charge in [0, 0.05) is 24.1 Å². The summed E-state index contributed by atoms with van der Waals surface area (Å²) in [5.74, 6) is -1.78. The van der Waals surface area contributed by atoms with Gasteiger partial charge in [-0.1, -0.05) is 0 Å². The zero-order chi connectivity index (χ0) is 16.3. The summed E-state index contributed by atoms with van der Waals surface area (Å²) in [5.41, 5.74) is 1.72. The Morgan fingerprint density at radius 1 is 1.27 bits per heavy atom. The lowest BCUT2D eigenvalue weighted by Crippen LogP contribution is -2.18. The highest BCUT2D eigenvalue weighted by atomic mass is 19.1. The van der Waals surface area contributed by atoms with Gasteiger partial charge in [-0.2, -0.15) is 0 Å². The minimum atomic E-state index is -1.05. The van der Waals surface area contributed by atoms with Crippen molar-refractivity contribution in [2.75, 3.05) is 5.32 Å². The molecule has 0 radical (unpaired) electrons. The van der Waals surface area contributed by atoms with Crippen LogP contribution in [0.2, 0.25) is 0 Å². The van der Waals surface area contributed by atoms with Crippen LogP contribution in [0, 0.1) is 12.7 Å². The van der Waals surface area contributed by atoms with Gasteiger partial charge in [0.1, 0.15) is 5.82 Å². The van der Waals surface area contributed by atoms with Crippen molar-refractivity contribution in [3.8, 4) is 0 Å². The van der Waals surface area contributed by atoms with E-state index in [1.54, 1.807) is 17.7 Å². The Kier molecular flexibility index (Phi) is 4.60. The van der Waals surface area contributed by atoms with Crippen molar-refractivity contribution in [3.05, 3.63) is 53.1 Å². The van der Waals surface area contributed by atoms with Gasteiger partial charge in [-0.15, -0.1) is 0 Å². The first-order valence-corrected chi connectivity index (χ1v) is 6.89. The molecule has 0 fully saturated rings. The number of nitrogens with zero attached hydrogens (tertiary/aromatic N) is 1. The minimum absolute atomic E-state index is 0.0549. The van der Waals surface area contributed by atoms with Gasteiger partial charge in [-0.05, 0) is 43.7 Å². The molecule has 2 N–H and O–H groups in total. The fourth-order valence-corrected chi connectivity index (χ4v) is 2.40. The van der Waals surface area contributed by atoms with Crippen LogP contribution in [0.4, 0.5) is 10.1 Å². The number of benzene rings is 1. The van der Waals surface area contributed by atoms with Crippen LogP contribution in [0.25, 0.3) is 0 Å². The molecule has 0 spiro atoms. The number of carboxylic acids is 1. The van der Waals surface area contributed by atoms with Crippen LogP contribution in [0.1, 0.15) is 28.5 Å². The molecular formula is C16H17FN2O3. The second-order valence-corrected chi connectivity index (χ2v) is 4.96. The molecule has 2 aromatic rings. The smallest absolute Gasteiger partial charge is 0.337 e. The minimum Gasteiger partial charge on any atom is -0.478 e. The normalized spacial score (nSPS) is 10.5. The van der Waals surface area contributed by atoms with E-state index >= 15 is 0 Å². The van der Waals surface area contributed by atoms with Crippen molar-refractivity contribution in [1.82, 2.24) is 4.57 Å². The molecule has 116 valence electrons. The highest BCUT2D eigenvalue weighted by Crippen LogP contribution is 2.19. The van der Waals surface area contributed by atoms with Gasteiger partial charge in [0.2, 0.25) is 5.91 Å². The van der Waals surface area contributed by atoms with Crippen molar-refractivity contribution in [3.63, 3.8) is 0 Å². The molecule has 0 saturated heterocycles. The van der Waals surface area contributed by atoms with Crippen LogP contribution in [0.15, 0.2) is 30.5 Å². The van der Waals surface area contributed by atoms with Crippen molar-refractivity contribution >= 4 is 17.6 Å². The fraction of sp³-hybridized carbons (Fsp3) is 0.250. The van der Waals surface area contributed by atoms with Crippen LogP contribution in [-0.4, -0.2) is 21.6 Å². The van der Waals surface area contributed by atoms with Crippen molar-refractivity contribution < 1.29 is 19.1 Å². The predicted octanol–water partition coefficient (Wildman–Crippen LogP) is 2.83. The van der Waals surface area contributed by atoms with Crippen LogP contribution >= 0.6 is 0 Å². The predicted molar refractivity (Wildman–Crippen MR) is 80.5 cm³/mol. The summed E-state index contributed by atoms with van der Waals surface area (Å²) in [6.45, 7) is 4.16. The van der Waals surface area contributed by atoms with Gasteiger partial charge in [-0.3, -0.25) is 4.79 Å². The molecule has 2 rings (SSSR count). The van der Waals surface area contributed by atoms with Crippen LogP contribution < -0.4 is 5.32 Å². The number of hydrogen-bond donors (Lipinski definition) is 2. The summed E-state index contributed by atoms with van der Waals surface area (Å²) in [7, 11) is 0. The summed E-state index contributed by atoms with van der Waals surface area (Å²) in [6, 6.07) is 5.40. The molecule has 0 atom stereocenters. The lowest BCUT2D eigenvalue weighted by molar-refractivity contribution is -0.115. The molecule has 22 heavy (non-hydrogen) atoms. The maximum absolute atomic E-state index is 12.8. The molecule has 0 aliphatic carbocycles. The monoisotopic (exact) mass is 304 g/mol. The number of aromatic carboxylic acids is 1. The third-order valence-electron chi connectivity index (χ3n) is 3.39. The Balaban J connectivity index is 2.21. The number of hydrogen-bond acceptors (Lipinski definition) is 2. The SMILES string of the molecule is CCn1cc(C)c(C(=O)O)c1CC(=O)Nc1ccc(F)cc1. The van der Waals surface area contributed by atoms with Crippen LogP contribution in [0.3, 0.4) is 0 Å². The second kappa shape index (κ2) is 6.43. The highest BCUT2D eigenvalue weighted by molar-refractivity contribution is 5.96. The zero-order valence-electron chi connectivity index (χ0n) is 12.4. The quantitative estimate of drug-likeness (QED) is 0.892. The van der Waals surface area contributed by atoms with E-state index in [2.05, 4.69) is 5.32 Å². The van der Waals surface area contributed by atoms with E-state index in [4.69, 9.17) is 0 Å². The van der Waals surface area contributed by atoms with Gasteiger partial charge < -0.3 is 15.0 Å². The van der Waals surface area contributed by atoms with Crippen LogP contribution in [0.5, 0.6) is 0 Å². The number of carbonyl (C=O) groups excluding carboxylic acids is 1. The molecule has 0 saturated carbocycles. The number of aryl methyl sites for hydroxylation is 2. The summed E-state index contributed by atoms with van der Waals surface area (Å²) >= 11 is 0. The number of halogens is 1. The topological polar surface area (TPSA) is 71.3 Å². The lowest BCUT2D eigenvalue weighted by atomic mass is 10.1. The van der Waals surface area contributed by atoms with E-state index in [1.807, 2.05) is 6.92 Å². The third kappa shape index (κ3) is 3.33. The van der Waals surface area contributed by atoms with Gasteiger partial charge in [0.15, 0.2) is 0 Å². The first-order chi connectivity index (χ1) is 10.4. The summed E-state index contributed by atoms with van der Waals surface area (Å²) in [5, 5.41) is 11.9. The molecule has 6 heteroatoms. The number of carboxylic acid groups (broad SMARTS) is 1. The average Bonchev–Trinajstić information content (AvgIpc) is 2.77. The first-order valence-electron chi connectivity index (χ1n) is 6.89. The molecule has 1 amide bonds. The fourth-order valence-electron chi connectivity index (χ4n) is 2.40. The lowest BCUT2D eigenvalue weighted by Gasteiger charge is -2.09. The zero-order valence-corrected chi connectivity index (χ0v) is 12.4. The van der Waals surface area contributed by atoms with Crippen molar-refractivity contribution in [2.45, 2.75) is 26.8 Å². The number of carbonyl (C=O) groups is 2. The molecule has 1 aromatic heterocycles. The Hall–Kier alpha value is -2.63. The number of amides is 1. The van der Waals surface area contributed by atoms with E-state index in [0.717, 1.165) is 0 Å². The van der Waals surface area contributed by atoms with Crippen LogP contribution in [-0.2, 0) is 17.8 Å². The molecule has 5 nitrogen and oxygen atoms in total. The molecule has 0 aliphatic rings. The Labute approximate surface area is 127 Å². The molecule has 0 aliphatic heterocycles. The number of aromatic nitrogens is 1. The largest absolute Gasteiger partial charge is 0.478 e. The van der Waals surface area contributed by atoms with Gasteiger partial charge >= 0.3 is 5.97 Å². The first kappa shape index (κ1) is 15.8.